The molecule has 2 saturated heterocycles. The number of carboxylic acids is 1. The van der Waals surface area contributed by atoms with Crippen molar-refractivity contribution in [2.24, 2.45) is 5.92 Å². The fraction of sp³-hybridized carbons (Fsp3) is 0.537. The number of aryl methyl sites for hydroxylation is 3. The standard InChI is InChI=1S/C41H50F4N4O4/c1-23(2)13-36(49-20-27(34(18-37(49)50)41(43,44)45)11-12-48-21-30-9-10-31(22-48)47(30)5)40(53)46-35(19-38(51)52)28-16-26-7-6-8-32(26)33(17-28)39-24(3)14-29(42)15-25(39)4/h14-18,20,23,30-31,35-36H,6-13,19,21-22H2,1-5H3,(H,46,53)(H,51,52)/t30?,31?,35-,36+/m1/s1. The Morgan fingerprint density at radius 1 is 1.00 bits per heavy atom. The molecule has 3 aliphatic rings. The molecule has 2 fully saturated rings. The monoisotopic (exact) mass is 738 g/mol. The van der Waals surface area contributed by atoms with Gasteiger partial charge in [-0.2, -0.15) is 13.2 Å². The number of rotatable bonds is 12. The molecule has 286 valence electrons. The summed E-state index contributed by atoms with van der Waals surface area (Å²) < 4.78 is 58.5. The molecule has 1 amide bonds. The highest BCUT2D eigenvalue weighted by atomic mass is 19.4. The number of nitrogens with zero attached hydrogens (tertiary/aromatic N) is 3. The van der Waals surface area contributed by atoms with Gasteiger partial charge in [0.1, 0.15) is 11.9 Å². The summed E-state index contributed by atoms with van der Waals surface area (Å²) in [6, 6.07) is 5.86. The van der Waals surface area contributed by atoms with E-state index >= 15 is 0 Å². The van der Waals surface area contributed by atoms with E-state index in [1.165, 1.54) is 18.3 Å². The maximum Gasteiger partial charge on any atom is 0.416 e. The number of hydrogen-bond donors (Lipinski definition) is 2. The van der Waals surface area contributed by atoms with Gasteiger partial charge in [-0.1, -0.05) is 19.9 Å². The van der Waals surface area contributed by atoms with Crippen LogP contribution >= 0.6 is 0 Å². The maximum atomic E-state index is 14.4. The average molecular weight is 739 g/mol. The van der Waals surface area contributed by atoms with Crippen molar-refractivity contribution >= 4 is 11.9 Å². The lowest BCUT2D eigenvalue weighted by Crippen LogP contribution is -2.52. The van der Waals surface area contributed by atoms with Gasteiger partial charge in [-0.05, 0) is 134 Å². The Morgan fingerprint density at radius 2 is 1.66 bits per heavy atom. The first-order chi connectivity index (χ1) is 25.0. The van der Waals surface area contributed by atoms with Gasteiger partial charge in [0, 0.05) is 44.0 Å². The summed E-state index contributed by atoms with van der Waals surface area (Å²) in [6.45, 7) is 9.29. The van der Waals surface area contributed by atoms with Gasteiger partial charge in [-0.3, -0.25) is 24.2 Å². The maximum absolute atomic E-state index is 14.4. The Morgan fingerprint density at radius 3 is 2.26 bits per heavy atom. The molecule has 0 radical (unpaired) electrons. The second-order valence-corrected chi connectivity index (χ2v) is 15.8. The van der Waals surface area contributed by atoms with Crippen molar-refractivity contribution in [3.05, 3.63) is 91.6 Å². The van der Waals surface area contributed by atoms with Crippen LogP contribution in [0, 0.1) is 25.6 Å². The van der Waals surface area contributed by atoms with Gasteiger partial charge in [0.25, 0.3) is 5.56 Å². The normalized spacial score (nSPS) is 20.1. The smallest absolute Gasteiger partial charge is 0.416 e. The van der Waals surface area contributed by atoms with Crippen LogP contribution in [0.1, 0.15) is 97.0 Å². The predicted molar refractivity (Wildman–Crippen MR) is 195 cm³/mol. The van der Waals surface area contributed by atoms with Crippen molar-refractivity contribution in [2.45, 2.75) is 109 Å². The van der Waals surface area contributed by atoms with Crippen LogP contribution in [0.5, 0.6) is 0 Å². The molecule has 2 N–H and O–H groups in total. The Hall–Kier alpha value is -4.03. The minimum absolute atomic E-state index is 0.0516. The second kappa shape index (κ2) is 15.4. The van der Waals surface area contributed by atoms with E-state index < -0.39 is 47.7 Å². The lowest BCUT2D eigenvalue weighted by Gasteiger charge is -2.39. The number of carbonyl (C=O) groups is 2. The number of nitrogens with one attached hydrogen (secondary N) is 1. The van der Waals surface area contributed by atoms with Crippen molar-refractivity contribution in [1.29, 1.82) is 0 Å². The van der Waals surface area contributed by atoms with Gasteiger partial charge in [0.2, 0.25) is 5.91 Å². The number of aromatic nitrogens is 1. The number of likely N-dealkylation sites (tertiary alicyclic amines) is 1. The zero-order chi connectivity index (χ0) is 38.4. The van der Waals surface area contributed by atoms with Crippen LogP contribution in [0.3, 0.4) is 0 Å². The molecule has 2 aromatic carbocycles. The van der Waals surface area contributed by atoms with Crippen LogP contribution in [0.25, 0.3) is 11.1 Å². The Bertz CT molecular complexity index is 1900. The number of amides is 1. The largest absolute Gasteiger partial charge is 0.481 e. The molecule has 3 aromatic rings. The number of alkyl halides is 3. The third-order valence-electron chi connectivity index (χ3n) is 11.5. The van der Waals surface area contributed by atoms with Crippen LogP contribution in [0.2, 0.25) is 0 Å². The summed E-state index contributed by atoms with van der Waals surface area (Å²) in [4.78, 5) is 44.6. The molecule has 0 spiro atoms. The summed E-state index contributed by atoms with van der Waals surface area (Å²) in [5.74, 6) is -2.28. The van der Waals surface area contributed by atoms with Crippen molar-refractivity contribution in [3.63, 3.8) is 0 Å². The van der Waals surface area contributed by atoms with Crippen molar-refractivity contribution in [1.82, 2.24) is 19.7 Å². The summed E-state index contributed by atoms with van der Waals surface area (Å²) in [6.07, 6.45) is 0.754. The molecular weight excluding hydrogens is 688 g/mol. The number of fused-ring (bicyclic) bond motifs is 3. The number of pyridine rings is 1. The van der Waals surface area contributed by atoms with E-state index in [0.717, 1.165) is 83.1 Å². The van der Waals surface area contributed by atoms with Crippen molar-refractivity contribution in [3.8, 4) is 11.1 Å². The van der Waals surface area contributed by atoms with E-state index in [2.05, 4.69) is 22.2 Å². The number of carbonyl (C=O) groups excluding carboxylic acids is 1. The minimum Gasteiger partial charge on any atom is -0.481 e. The molecule has 3 heterocycles. The summed E-state index contributed by atoms with van der Waals surface area (Å²) in [5, 5.41) is 12.9. The van der Waals surface area contributed by atoms with Crippen LogP contribution in [0.4, 0.5) is 17.6 Å². The van der Waals surface area contributed by atoms with E-state index in [-0.39, 0.29) is 30.1 Å². The predicted octanol–water partition coefficient (Wildman–Crippen LogP) is 7.02. The lowest BCUT2D eigenvalue weighted by molar-refractivity contribution is -0.139. The summed E-state index contributed by atoms with van der Waals surface area (Å²) in [7, 11) is 2.09. The van der Waals surface area contributed by atoms with E-state index in [1.807, 2.05) is 39.8 Å². The quantitative estimate of drug-likeness (QED) is 0.194. The SMILES string of the molecule is Cc1cc(F)cc(C)c1-c1cc([C@@H](CC(=O)O)NC(=O)[C@H](CC(C)C)n2cc(CCN3CC4CCC(C3)N4C)c(C(F)(F)F)cc2=O)cc2c1CCC2. The minimum atomic E-state index is -4.76. The fourth-order valence-corrected chi connectivity index (χ4v) is 8.94. The summed E-state index contributed by atoms with van der Waals surface area (Å²) >= 11 is 0. The van der Waals surface area contributed by atoms with Gasteiger partial charge >= 0.3 is 12.1 Å². The molecule has 6 rings (SSSR count). The Kier molecular flexibility index (Phi) is 11.2. The molecular formula is C41H50F4N4O4. The first-order valence-electron chi connectivity index (χ1n) is 18.7. The molecule has 2 unspecified atom stereocenters. The lowest BCUT2D eigenvalue weighted by atomic mass is 9.87. The van der Waals surface area contributed by atoms with Crippen molar-refractivity contribution in [2.75, 3.05) is 26.7 Å². The molecule has 2 aliphatic heterocycles. The van der Waals surface area contributed by atoms with Gasteiger partial charge < -0.3 is 15.0 Å². The zero-order valence-electron chi connectivity index (χ0n) is 31.2. The molecule has 12 heteroatoms. The average Bonchev–Trinajstić information content (AvgIpc) is 3.60. The summed E-state index contributed by atoms with van der Waals surface area (Å²) in [5.41, 5.74) is 3.90. The highest BCUT2D eigenvalue weighted by Gasteiger charge is 2.39. The van der Waals surface area contributed by atoms with Crippen molar-refractivity contribution < 1.29 is 32.3 Å². The second-order valence-electron chi connectivity index (χ2n) is 15.8. The molecule has 1 aromatic heterocycles. The van der Waals surface area contributed by atoms with Gasteiger partial charge in [0.05, 0.1) is 18.0 Å². The van der Waals surface area contributed by atoms with Crippen LogP contribution in [-0.2, 0) is 35.0 Å². The highest BCUT2D eigenvalue weighted by molar-refractivity contribution is 5.82. The van der Waals surface area contributed by atoms with Crippen LogP contribution in [-0.4, -0.2) is 70.1 Å². The van der Waals surface area contributed by atoms with Gasteiger partial charge in [0.15, 0.2) is 0 Å². The van der Waals surface area contributed by atoms with E-state index in [0.29, 0.717) is 30.3 Å². The van der Waals surface area contributed by atoms with Gasteiger partial charge in [-0.15, -0.1) is 0 Å². The van der Waals surface area contributed by atoms with Gasteiger partial charge in [-0.25, -0.2) is 4.39 Å². The highest BCUT2D eigenvalue weighted by Crippen LogP contribution is 2.40. The first-order valence-corrected chi connectivity index (χ1v) is 18.7. The first kappa shape index (κ1) is 38.7. The van der Waals surface area contributed by atoms with E-state index in [1.54, 1.807) is 0 Å². The Labute approximate surface area is 308 Å². The topological polar surface area (TPSA) is 94.9 Å². The molecule has 0 saturated carbocycles. The number of benzene rings is 2. The number of halogens is 4. The third kappa shape index (κ3) is 8.38. The van der Waals surface area contributed by atoms with E-state index in [9.17, 15) is 37.1 Å². The number of hydrogen-bond acceptors (Lipinski definition) is 5. The molecule has 4 atom stereocenters. The van der Waals surface area contributed by atoms with Crippen LogP contribution in [0.15, 0.2) is 41.3 Å². The Balaban J connectivity index is 1.34. The number of piperazine rings is 1. The fourth-order valence-electron chi connectivity index (χ4n) is 8.94. The van der Waals surface area contributed by atoms with E-state index in [4.69, 9.17) is 0 Å². The molecule has 1 aliphatic carbocycles. The molecule has 2 bridgehead atoms. The third-order valence-corrected chi connectivity index (χ3v) is 11.5. The van der Waals surface area contributed by atoms with Crippen LogP contribution < -0.4 is 10.9 Å². The number of carboxylic acid groups (broad SMARTS) is 1. The number of likely N-dealkylation sites (N-methyl/N-ethyl adjacent to an activating group) is 1. The molecule has 8 nitrogen and oxygen atoms in total. The molecule has 53 heavy (non-hydrogen) atoms. The number of aliphatic carboxylic acids is 1. The zero-order valence-corrected chi connectivity index (χ0v) is 31.2.